The first kappa shape index (κ1) is 18.1. The van der Waals surface area contributed by atoms with Crippen molar-refractivity contribution in [3.05, 3.63) is 29.1 Å². The van der Waals surface area contributed by atoms with Crippen LogP contribution in [0.25, 0.3) is 11.5 Å². The highest BCUT2D eigenvalue weighted by Crippen LogP contribution is 2.28. The van der Waals surface area contributed by atoms with Crippen LogP contribution in [0.5, 0.6) is 5.75 Å². The SMILES string of the molecule is COc1ccccc1-c1nn(CN2CCN(CC(C)C)CC2)c(=S)o1. The molecule has 1 aliphatic rings. The van der Waals surface area contributed by atoms with Gasteiger partial charge in [0.2, 0.25) is 0 Å². The fourth-order valence-corrected chi connectivity index (χ4v) is 3.32. The van der Waals surface area contributed by atoms with Crippen LogP contribution in [-0.2, 0) is 6.67 Å². The summed E-state index contributed by atoms with van der Waals surface area (Å²) in [6.07, 6.45) is 0. The fourth-order valence-electron chi connectivity index (χ4n) is 3.14. The van der Waals surface area contributed by atoms with Crippen molar-refractivity contribution in [2.24, 2.45) is 5.92 Å². The second-order valence-corrected chi connectivity index (χ2v) is 7.18. The van der Waals surface area contributed by atoms with Crippen molar-refractivity contribution in [2.45, 2.75) is 20.5 Å². The number of methoxy groups -OCH3 is 1. The Morgan fingerprint density at radius 2 is 1.84 bits per heavy atom. The summed E-state index contributed by atoms with van der Waals surface area (Å²) in [5.41, 5.74) is 0.816. The Labute approximate surface area is 154 Å². The van der Waals surface area contributed by atoms with Crippen molar-refractivity contribution >= 4 is 12.2 Å². The third-order valence-electron chi connectivity index (χ3n) is 4.37. The van der Waals surface area contributed by atoms with E-state index in [-0.39, 0.29) is 0 Å². The zero-order valence-electron chi connectivity index (χ0n) is 15.1. The van der Waals surface area contributed by atoms with Crippen LogP contribution in [0.1, 0.15) is 13.8 Å². The Morgan fingerprint density at radius 3 is 2.52 bits per heavy atom. The zero-order chi connectivity index (χ0) is 17.8. The summed E-state index contributed by atoms with van der Waals surface area (Å²) in [5, 5.41) is 4.56. The largest absolute Gasteiger partial charge is 0.496 e. The van der Waals surface area contributed by atoms with Crippen LogP contribution in [0.3, 0.4) is 0 Å². The maximum absolute atomic E-state index is 5.71. The van der Waals surface area contributed by atoms with E-state index >= 15 is 0 Å². The van der Waals surface area contributed by atoms with Crippen molar-refractivity contribution in [1.29, 1.82) is 0 Å². The number of nitrogens with zero attached hydrogens (tertiary/aromatic N) is 4. The topological polar surface area (TPSA) is 46.7 Å². The van der Waals surface area contributed by atoms with Gasteiger partial charge in [0.1, 0.15) is 5.75 Å². The molecular formula is C18H26N4O2S. The predicted octanol–water partition coefficient (Wildman–Crippen LogP) is 3.11. The molecule has 0 saturated carbocycles. The van der Waals surface area contributed by atoms with Crippen molar-refractivity contribution in [1.82, 2.24) is 19.6 Å². The first-order valence-corrected chi connectivity index (χ1v) is 9.13. The summed E-state index contributed by atoms with van der Waals surface area (Å²) in [7, 11) is 1.64. The third-order valence-corrected chi connectivity index (χ3v) is 4.66. The molecular weight excluding hydrogens is 336 g/mol. The molecule has 1 aliphatic heterocycles. The van der Waals surface area contributed by atoms with E-state index in [1.807, 2.05) is 24.3 Å². The van der Waals surface area contributed by atoms with Crippen LogP contribution in [0, 0.1) is 10.8 Å². The first-order valence-electron chi connectivity index (χ1n) is 8.73. The molecule has 1 saturated heterocycles. The summed E-state index contributed by atoms with van der Waals surface area (Å²) >= 11 is 5.36. The minimum atomic E-state index is 0.394. The van der Waals surface area contributed by atoms with E-state index in [1.54, 1.807) is 11.8 Å². The van der Waals surface area contributed by atoms with Gasteiger partial charge in [0.25, 0.3) is 10.7 Å². The Hall–Kier alpha value is -1.70. The van der Waals surface area contributed by atoms with Crippen LogP contribution in [0.2, 0.25) is 0 Å². The van der Waals surface area contributed by atoms with Gasteiger partial charge >= 0.3 is 0 Å². The van der Waals surface area contributed by atoms with Crippen LogP contribution >= 0.6 is 12.2 Å². The number of para-hydroxylation sites is 1. The van der Waals surface area contributed by atoms with Crippen molar-refractivity contribution in [2.75, 3.05) is 39.8 Å². The molecule has 25 heavy (non-hydrogen) atoms. The van der Waals surface area contributed by atoms with Crippen molar-refractivity contribution in [3.8, 4) is 17.2 Å². The summed E-state index contributed by atoms with van der Waals surface area (Å²) in [5.74, 6) is 1.94. The van der Waals surface area contributed by atoms with Gasteiger partial charge in [-0.25, -0.2) is 4.68 Å². The summed E-state index contributed by atoms with van der Waals surface area (Å²) < 4.78 is 12.9. The normalized spacial score (nSPS) is 16.5. The van der Waals surface area contributed by atoms with Gasteiger partial charge in [0.05, 0.1) is 19.3 Å². The molecule has 7 heteroatoms. The number of hydrogen-bond donors (Lipinski definition) is 0. The first-order chi connectivity index (χ1) is 12.1. The molecule has 0 N–H and O–H groups in total. The van der Waals surface area contributed by atoms with Gasteiger partial charge in [0, 0.05) is 32.7 Å². The van der Waals surface area contributed by atoms with Crippen molar-refractivity contribution < 1.29 is 9.15 Å². The third kappa shape index (κ3) is 4.48. The van der Waals surface area contributed by atoms with Gasteiger partial charge in [-0.3, -0.25) is 4.90 Å². The van der Waals surface area contributed by atoms with Crippen LogP contribution in [0.15, 0.2) is 28.7 Å². The number of rotatable bonds is 6. The van der Waals surface area contributed by atoms with Gasteiger partial charge in [-0.15, -0.1) is 5.10 Å². The summed E-state index contributed by atoms with van der Waals surface area (Å²) in [4.78, 5) is 5.27. The molecule has 0 aliphatic carbocycles. The molecule has 0 bridgehead atoms. The Kier molecular flexibility index (Phi) is 5.88. The van der Waals surface area contributed by atoms with E-state index in [9.17, 15) is 0 Å². The van der Waals surface area contributed by atoms with E-state index in [4.69, 9.17) is 21.4 Å². The molecule has 6 nitrogen and oxygen atoms in total. The molecule has 0 radical (unpaired) electrons. The molecule has 2 heterocycles. The molecule has 136 valence electrons. The smallest absolute Gasteiger partial charge is 0.288 e. The highest BCUT2D eigenvalue weighted by molar-refractivity contribution is 7.71. The molecule has 0 atom stereocenters. The summed E-state index contributed by atoms with van der Waals surface area (Å²) in [6, 6.07) is 7.67. The van der Waals surface area contributed by atoms with Crippen molar-refractivity contribution in [3.63, 3.8) is 0 Å². The fraction of sp³-hybridized carbons (Fsp3) is 0.556. The lowest BCUT2D eigenvalue weighted by molar-refractivity contribution is 0.0944. The molecule has 1 aromatic carbocycles. The Balaban J connectivity index is 1.67. The van der Waals surface area contributed by atoms with Crippen LogP contribution < -0.4 is 4.74 Å². The maximum atomic E-state index is 5.71. The van der Waals surface area contributed by atoms with E-state index in [1.165, 1.54) is 0 Å². The molecule has 1 fully saturated rings. The van der Waals surface area contributed by atoms with E-state index in [2.05, 4.69) is 28.7 Å². The lowest BCUT2D eigenvalue weighted by Gasteiger charge is -2.35. The number of ether oxygens (including phenoxy) is 1. The standard InChI is InChI=1S/C18H26N4O2S/c1-14(2)12-20-8-10-21(11-9-20)13-22-18(25)24-17(19-22)15-6-4-5-7-16(15)23-3/h4-7,14H,8-13H2,1-3H3. The monoisotopic (exact) mass is 362 g/mol. The Morgan fingerprint density at radius 1 is 1.16 bits per heavy atom. The predicted molar refractivity (Wildman–Crippen MR) is 100 cm³/mol. The van der Waals surface area contributed by atoms with Crippen LogP contribution in [-0.4, -0.2) is 59.4 Å². The second kappa shape index (κ2) is 8.12. The lowest BCUT2D eigenvalue weighted by atomic mass is 10.2. The molecule has 0 spiro atoms. The van der Waals surface area contributed by atoms with Gasteiger partial charge in [-0.05, 0) is 30.3 Å². The zero-order valence-corrected chi connectivity index (χ0v) is 16.0. The van der Waals surface area contributed by atoms with Gasteiger partial charge < -0.3 is 14.1 Å². The molecule has 1 aromatic heterocycles. The lowest BCUT2D eigenvalue weighted by Crippen LogP contribution is -2.47. The molecule has 0 unspecified atom stereocenters. The van der Waals surface area contributed by atoms with Gasteiger partial charge in [-0.2, -0.15) is 0 Å². The van der Waals surface area contributed by atoms with Gasteiger partial charge in [0.15, 0.2) is 0 Å². The highest BCUT2D eigenvalue weighted by atomic mass is 32.1. The quantitative estimate of drug-likeness (QED) is 0.736. The average Bonchev–Trinajstić information content (AvgIpc) is 2.96. The van der Waals surface area contributed by atoms with Gasteiger partial charge in [-0.1, -0.05) is 26.0 Å². The molecule has 2 aromatic rings. The molecule has 0 amide bonds. The van der Waals surface area contributed by atoms with E-state index in [0.717, 1.165) is 44.0 Å². The minimum Gasteiger partial charge on any atom is -0.496 e. The van der Waals surface area contributed by atoms with E-state index in [0.29, 0.717) is 23.3 Å². The average molecular weight is 362 g/mol. The molecule has 3 rings (SSSR count). The maximum Gasteiger partial charge on any atom is 0.288 e. The number of hydrogen-bond acceptors (Lipinski definition) is 6. The van der Waals surface area contributed by atoms with Crippen LogP contribution in [0.4, 0.5) is 0 Å². The minimum absolute atomic E-state index is 0.394. The Bertz CT molecular complexity index is 748. The number of benzene rings is 1. The number of aromatic nitrogens is 2. The number of piperazine rings is 1. The summed E-state index contributed by atoms with van der Waals surface area (Å²) in [6.45, 7) is 10.6. The van der Waals surface area contributed by atoms with E-state index < -0.39 is 0 Å². The highest BCUT2D eigenvalue weighted by Gasteiger charge is 2.19. The second-order valence-electron chi connectivity index (χ2n) is 6.83.